The van der Waals surface area contributed by atoms with E-state index in [1.807, 2.05) is 16.7 Å². The SMILES string of the molecule is Cc1[nH]c(=S)sc1CC(=O)N1CCN2C(=O)CCC2C1. The van der Waals surface area contributed by atoms with Gasteiger partial charge in [-0.1, -0.05) is 0 Å². The molecule has 1 atom stereocenters. The Hall–Kier alpha value is -1.21. The summed E-state index contributed by atoms with van der Waals surface area (Å²) in [7, 11) is 0. The van der Waals surface area contributed by atoms with Gasteiger partial charge in [0.15, 0.2) is 3.95 Å². The molecule has 20 heavy (non-hydrogen) atoms. The molecule has 0 aromatic carbocycles. The highest BCUT2D eigenvalue weighted by atomic mass is 32.1. The molecule has 1 aromatic rings. The van der Waals surface area contributed by atoms with Gasteiger partial charge in [-0.15, -0.1) is 11.3 Å². The molecule has 1 aromatic heterocycles. The van der Waals surface area contributed by atoms with Crippen LogP contribution in [0.5, 0.6) is 0 Å². The molecule has 0 bridgehead atoms. The van der Waals surface area contributed by atoms with E-state index in [0.29, 0.717) is 32.5 Å². The second kappa shape index (κ2) is 5.29. The largest absolute Gasteiger partial charge is 0.341 e. The van der Waals surface area contributed by atoms with Gasteiger partial charge in [-0.3, -0.25) is 9.59 Å². The average Bonchev–Trinajstić information content (AvgIpc) is 2.93. The number of aromatic amines is 1. The smallest absolute Gasteiger partial charge is 0.228 e. The van der Waals surface area contributed by atoms with Crippen LogP contribution in [0.3, 0.4) is 0 Å². The Balaban J connectivity index is 1.65. The number of hydrogen-bond donors (Lipinski definition) is 1. The van der Waals surface area contributed by atoms with Gasteiger partial charge in [-0.05, 0) is 25.6 Å². The van der Waals surface area contributed by atoms with Crippen LogP contribution >= 0.6 is 23.6 Å². The third-order valence-corrected chi connectivity index (χ3v) is 5.42. The summed E-state index contributed by atoms with van der Waals surface area (Å²) < 4.78 is 0.719. The van der Waals surface area contributed by atoms with Crippen LogP contribution in [0.4, 0.5) is 0 Å². The molecule has 3 rings (SSSR count). The first kappa shape index (κ1) is 13.8. The van der Waals surface area contributed by atoms with E-state index in [9.17, 15) is 9.59 Å². The maximum Gasteiger partial charge on any atom is 0.228 e. The number of amides is 2. The maximum atomic E-state index is 12.4. The summed E-state index contributed by atoms with van der Waals surface area (Å²) in [5, 5.41) is 0. The van der Waals surface area contributed by atoms with Crippen molar-refractivity contribution in [3.8, 4) is 0 Å². The molecule has 2 aliphatic heterocycles. The fourth-order valence-corrected chi connectivity index (χ4v) is 4.23. The van der Waals surface area contributed by atoms with Crippen LogP contribution in [0.1, 0.15) is 23.4 Å². The molecule has 3 heterocycles. The number of nitrogens with zero attached hydrogens (tertiary/aromatic N) is 2. The van der Waals surface area contributed by atoms with Crippen molar-refractivity contribution < 1.29 is 9.59 Å². The molecule has 0 radical (unpaired) electrons. The predicted molar refractivity (Wildman–Crippen MR) is 79.3 cm³/mol. The summed E-state index contributed by atoms with van der Waals surface area (Å²) >= 11 is 6.57. The van der Waals surface area contributed by atoms with E-state index >= 15 is 0 Å². The van der Waals surface area contributed by atoms with Crippen molar-refractivity contribution in [1.29, 1.82) is 0 Å². The number of aromatic nitrogens is 1. The average molecular weight is 311 g/mol. The Kier molecular flexibility index (Phi) is 3.64. The lowest BCUT2D eigenvalue weighted by molar-refractivity contribution is -0.138. The molecule has 0 aliphatic carbocycles. The first-order valence-electron chi connectivity index (χ1n) is 6.80. The molecule has 5 nitrogen and oxygen atoms in total. The van der Waals surface area contributed by atoms with Crippen molar-refractivity contribution in [3.05, 3.63) is 14.5 Å². The second-order valence-corrected chi connectivity index (χ2v) is 7.13. The summed E-state index contributed by atoms with van der Waals surface area (Å²) in [6.07, 6.45) is 1.92. The maximum absolute atomic E-state index is 12.4. The van der Waals surface area contributed by atoms with Gasteiger partial charge in [0.25, 0.3) is 0 Å². The minimum absolute atomic E-state index is 0.136. The molecule has 1 unspecified atom stereocenters. The van der Waals surface area contributed by atoms with Crippen LogP contribution in [0.15, 0.2) is 0 Å². The van der Waals surface area contributed by atoms with E-state index in [1.165, 1.54) is 11.3 Å². The molecule has 2 fully saturated rings. The van der Waals surface area contributed by atoms with Crippen LogP contribution in [-0.4, -0.2) is 52.3 Å². The van der Waals surface area contributed by atoms with Crippen LogP contribution < -0.4 is 0 Å². The van der Waals surface area contributed by atoms with E-state index < -0.39 is 0 Å². The molecule has 1 N–H and O–H groups in total. The van der Waals surface area contributed by atoms with Crippen molar-refractivity contribution in [3.63, 3.8) is 0 Å². The minimum Gasteiger partial charge on any atom is -0.341 e. The zero-order valence-corrected chi connectivity index (χ0v) is 13.0. The van der Waals surface area contributed by atoms with Crippen molar-refractivity contribution >= 4 is 35.4 Å². The lowest BCUT2D eigenvalue weighted by Crippen LogP contribution is -2.53. The molecule has 7 heteroatoms. The minimum atomic E-state index is 0.136. The van der Waals surface area contributed by atoms with Crippen LogP contribution in [-0.2, 0) is 16.0 Å². The molecular formula is C13H17N3O2S2. The number of thiazole rings is 1. The number of hydrogen-bond acceptors (Lipinski definition) is 4. The lowest BCUT2D eigenvalue weighted by atomic mass is 10.1. The summed E-state index contributed by atoms with van der Waals surface area (Å²) in [4.78, 5) is 31.9. The molecule has 108 valence electrons. The third kappa shape index (κ3) is 2.52. The Morgan fingerprint density at radius 2 is 2.30 bits per heavy atom. The van der Waals surface area contributed by atoms with Gasteiger partial charge in [-0.2, -0.15) is 0 Å². The van der Waals surface area contributed by atoms with Gasteiger partial charge in [0.1, 0.15) is 0 Å². The van der Waals surface area contributed by atoms with Crippen molar-refractivity contribution in [1.82, 2.24) is 14.8 Å². The molecule has 2 aliphatic rings. The number of carbonyl (C=O) groups excluding carboxylic acids is 2. The highest BCUT2D eigenvalue weighted by Gasteiger charge is 2.36. The van der Waals surface area contributed by atoms with Crippen molar-refractivity contribution in [2.45, 2.75) is 32.2 Å². The van der Waals surface area contributed by atoms with Crippen LogP contribution in [0.2, 0.25) is 0 Å². The number of aryl methyl sites for hydroxylation is 1. The van der Waals surface area contributed by atoms with E-state index in [2.05, 4.69) is 4.98 Å². The summed E-state index contributed by atoms with van der Waals surface area (Å²) in [5.41, 5.74) is 0.989. The summed E-state index contributed by atoms with van der Waals surface area (Å²) in [6.45, 7) is 3.95. The Labute approximate surface area is 126 Å². The van der Waals surface area contributed by atoms with E-state index in [1.54, 1.807) is 0 Å². The van der Waals surface area contributed by atoms with Gasteiger partial charge in [0.05, 0.1) is 6.42 Å². The zero-order valence-electron chi connectivity index (χ0n) is 11.3. The summed E-state index contributed by atoms with van der Waals surface area (Å²) in [6, 6.07) is 0.228. The number of H-pyrrole nitrogens is 1. The van der Waals surface area contributed by atoms with E-state index in [4.69, 9.17) is 12.2 Å². The molecule has 0 saturated carbocycles. The second-order valence-electron chi connectivity index (χ2n) is 5.36. The van der Waals surface area contributed by atoms with Gasteiger partial charge in [0.2, 0.25) is 11.8 Å². The fourth-order valence-electron chi connectivity index (χ4n) is 2.95. The number of carbonyl (C=O) groups is 2. The zero-order chi connectivity index (χ0) is 14.3. The van der Waals surface area contributed by atoms with Crippen LogP contribution in [0.25, 0.3) is 0 Å². The van der Waals surface area contributed by atoms with E-state index in [0.717, 1.165) is 20.9 Å². The van der Waals surface area contributed by atoms with Crippen LogP contribution in [0, 0.1) is 10.9 Å². The number of rotatable bonds is 2. The molecule has 2 saturated heterocycles. The first-order valence-corrected chi connectivity index (χ1v) is 8.03. The topological polar surface area (TPSA) is 56.4 Å². The van der Waals surface area contributed by atoms with Gasteiger partial charge in [-0.25, -0.2) is 0 Å². The number of fused-ring (bicyclic) bond motifs is 1. The van der Waals surface area contributed by atoms with Crippen molar-refractivity contribution in [2.75, 3.05) is 19.6 Å². The molecular weight excluding hydrogens is 294 g/mol. The fraction of sp³-hybridized carbons (Fsp3) is 0.615. The summed E-state index contributed by atoms with van der Waals surface area (Å²) in [5.74, 6) is 0.374. The Morgan fingerprint density at radius 1 is 1.50 bits per heavy atom. The first-order chi connectivity index (χ1) is 9.54. The van der Waals surface area contributed by atoms with Gasteiger partial charge in [0, 0.05) is 42.7 Å². The third-order valence-electron chi connectivity index (χ3n) is 4.08. The Bertz CT molecular complexity index is 607. The Morgan fingerprint density at radius 3 is 3.00 bits per heavy atom. The van der Waals surface area contributed by atoms with Crippen molar-refractivity contribution in [2.24, 2.45) is 0 Å². The number of piperazine rings is 1. The van der Waals surface area contributed by atoms with E-state index in [-0.39, 0.29) is 17.9 Å². The monoisotopic (exact) mass is 311 g/mol. The highest BCUT2D eigenvalue weighted by molar-refractivity contribution is 7.73. The van der Waals surface area contributed by atoms with Gasteiger partial charge >= 0.3 is 0 Å². The normalized spacial score (nSPS) is 22.2. The number of nitrogens with one attached hydrogen (secondary N) is 1. The van der Waals surface area contributed by atoms with Gasteiger partial charge < -0.3 is 14.8 Å². The predicted octanol–water partition coefficient (Wildman–Crippen LogP) is 1.49. The lowest BCUT2D eigenvalue weighted by Gasteiger charge is -2.37. The molecule has 0 spiro atoms. The highest BCUT2D eigenvalue weighted by Crippen LogP contribution is 2.24. The molecule has 2 amide bonds. The quantitative estimate of drug-likeness (QED) is 0.842. The standard InChI is InChI=1S/C13H17N3O2S2/c1-8-10(20-13(19)14-8)6-12(18)15-4-5-16-9(7-15)2-3-11(16)17/h9H,2-7H2,1H3,(H,14,19).